The SMILES string of the molecule is CCCCN=C(SCC)c1nnc(N2CCN(C)CC2)s1. The second-order valence-corrected chi connectivity index (χ2v) is 7.36. The molecule has 0 N–H and O–H groups in total. The lowest BCUT2D eigenvalue weighted by molar-refractivity contribution is 0.312. The van der Waals surface area contributed by atoms with Gasteiger partial charge in [0.05, 0.1) is 0 Å². The Morgan fingerprint density at radius 2 is 2.00 bits per heavy atom. The van der Waals surface area contributed by atoms with Gasteiger partial charge in [0.1, 0.15) is 5.04 Å². The van der Waals surface area contributed by atoms with E-state index in [1.165, 1.54) is 6.42 Å². The molecule has 0 atom stereocenters. The summed E-state index contributed by atoms with van der Waals surface area (Å²) in [6, 6.07) is 0. The number of anilines is 1. The number of hydrogen-bond acceptors (Lipinski definition) is 7. The van der Waals surface area contributed by atoms with Crippen LogP contribution in [0.4, 0.5) is 5.13 Å². The highest BCUT2D eigenvalue weighted by Crippen LogP contribution is 2.25. The minimum atomic E-state index is 0.891. The molecule has 5 nitrogen and oxygen atoms in total. The minimum absolute atomic E-state index is 0.891. The predicted octanol–water partition coefficient (Wildman–Crippen LogP) is 2.59. The molecule has 1 aliphatic heterocycles. The van der Waals surface area contributed by atoms with Crippen LogP contribution in [0.2, 0.25) is 0 Å². The van der Waals surface area contributed by atoms with E-state index in [4.69, 9.17) is 4.99 Å². The maximum absolute atomic E-state index is 4.70. The van der Waals surface area contributed by atoms with E-state index in [-0.39, 0.29) is 0 Å². The van der Waals surface area contributed by atoms with Gasteiger partial charge in [0.25, 0.3) is 0 Å². The van der Waals surface area contributed by atoms with E-state index in [1.54, 1.807) is 23.1 Å². The molecule has 2 heterocycles. The molecule has 1 aromatic heterocycles. The summed E-state index contributed by atoms with van der Waals surface area (Å²) in [6.45, 7) is 9.50. The second-order valence-electron chi connectivity index (χ2n) is 5.15. The van der Waals surface area contributed by atoms with Crippen LogP contribution in [-0.2, 0) is 0 Å². The first-order chi connectivity index (χ1) is 10.2. The lowest BCUT2D eigenvalue weighted by Crippen LogP contribution is -2.44. The number of aliphatic imine (C=N–C) groups is 1. The molecule has 1 aromatic rings. The standard InChI is InChI=1S/C14H25N5S2/c1-4-6-7-15-12(20-5-2)13-16-17-14(21-13)19-10-8-18(3)9-11-19/h4-11H2,1-3H3. The fraction of sp³-hybridized carbons (Fsp3) is 0.786. The largest absolute Gasteiger partial charge is 0.344 e. The Labute approximate surface area is 135 Å². The Balaban J connectivity index is 2.03. The van der Waals surface area contributed by atoms with Crippen LogP contribution in [0.5, 0.6) is 0 Å². The van der Waals surface area contributed by atoms with E-state index in [2.05, 4.69) is 40.9 Å². The van der Waals surface area contributed by atoms with Crippen molar-refractivity contribution in [1.29, 1.82) is 0 Å². The highest BCUT2D eigenvalue weighted by Gasteiger charge is 2.19. The van der Waals surface area contributed by atoms with Gasteiger partial charge < -0.3 is 9.80 Å². The van der Waals surface area contributed by atoms with Gasteiger partial charge in [-0.25, -0.2) is 0 Å². The zero-order chi connectivity index (χ0) is 15.1. The molecule has 118 valence electrons. The van der Waals surface area contributed by atoms with E-state index in [0.29, 0.717) is 0 Å². The van der Waals surface area contributed by atoms with E-state index in [0.717, 1.165) is 60.1 Å². The summed E-state index contributed by atoms with van der Waals surface area (Å²) in [5, 5.41) is 11.8. The zero-order valence-corrected chi connectivity index (χ0v) is 14.8. The van der Waals surface area contributed by atoms with Gasteiger partial charge in [0, 0.05) is 32.7 Å². The minimum Gasteiger partial charge on any atom is -0.344 e. The van der Waals surface area contributed by atoms with E-state index in [1.807, 2.05) is 0 Å². The number of nitrogens with zero attached hydrogens (tertiary/aromatic N) is 5. The third-order valence-electron chi connectivity index (χ3n) is 3.42. The van der Waals surface area contributed by atoms with Crippen molar-refractivity contribution in [1.82, 2.24) is 15.1 Å². The van der Waals surface area contributed by atoms with E-state index in [9.17, 15) is 0 Å². The molecular weight excluding hydrogens is 302 g/mol. The highest BCUT2D eigenvalue weighted by molar-refractivity contribution is 8.14. The summed E-state index contributed by atoms with van der Waals surface area (Å²) < 4.78 is 0. The monoisotopic (exact) mass is 327 g/mol. The van der Waals surface area contributed by atoms with Crippen molar-refractivity contribution in [2.24, 2.45) is 4.99 Å². The van der Waals surface area contributed by atoms with Gasteiger partial charge in [0.15, 0.2) is 5.01 Å². The van der Waals surface area contributed by atoms with Crippen molar-refractivity contribution >= 4 is 33.3 Å². The average Bonchev–Trinajstić information content (AvgIpc) is 2.97. The molecular formula is C14H25N5S2. The Bertz CT molecular complexity index is 452. The van der Waals surface area contributed by atoms with Crippen LogP contribution in [0.15, 0.2) is 4.99 Å². The number of aromatic nitrogens is 2. The first kappa shape index (κ1) is 16.7. The van der Waals surface area contributed by atoms with Gasteiger partial charge in [-0.05, 0) is 19.2 Å². The van der Waals surface area contributed by atoms with E-state index < -0.39 is 0 Å². The van der Waals surface area contributed by atoms with Crippen molar-refractivity contribution in [3.05, 3.63) is 5.01 Å². The highest BCUT2D eigenvalue weighted by atomic mass is 32.2. The van der Waals surface area contributed by atoms with Crippen LogP contribution in [-0.4, -0.2) is 65.7 Å². The second kappa shape index (κ2) is 8.70. The first-order valence-electron chi connectivity index (χ1n) is 7.69. The van der Waals surface area contributed by atoms with Crippen LogP contribution in [0.3, 0.4) is 0 Å². The van der Waals surface area contributed by atoms with Crippen LogP contribution in [0.25, 0.3) is 0 Å². The topological polar surface area (TPSA) is 44.6 Å². The van der Waals surface area contributed by atoms with Gasteiger partial charge in [0.2, 0.25) is 5.13 Å². The summed E-state index contributed by atoms with van der Waals surface area (Å²) in [7, 11) is 2.17. The molecule has 0 aliphatic carbocycles. The lowest BCUT2D eigenvalue weighted by atomic mass is 10.3. The summed E-state index contributed by atoms with van der Waals surface area (Å²) in [6.07, 6.45) is 2.31. The van der Waals surface area contributed by atoms with Crippen LogP contribution in [0, 0.1) is 0 Å². The van der Waals surface area contributed by atoms with Crippen LogP contribution in [0.1, 0.15) is 31.7 Å². The molecule has 1 aliphatic rings. The number of thioether (sulfide) groups is 1. The maximum Gasteiger partial charge on any atom is 0.208 e. The van der Waals surface area contributed by atoms with Crippen molar-refractivity contribution in [3.63, 3.8) is 0 Å². The van der Waals surface area contributed by atoms with Gasteiger partial charge in [-0.1, -0.05) is 31.6 Å². The zero-order valence-electron chi connectivity index (χ0n) is 13.2. The molecule has 21 heavy (non-hydrogen) atoms. The number of rotatable bonds is 6. The molecule has 1 saturated heterocycles. The quantitative estimate of drug-likeness (QED) is 0.456. The van der Waals surface area contributed by atoms with Crippen LogP contribution < -0.4 is 4.90 Å². The van der Waals surface area contributed by atoms with Gasteiger partial charge in [-0.15, -0.1) is 22.0 Å². The number of hydrogen-bond donors (Lipinski definition) is 0. The van der Waals surface area contributed by atoms with Crippen molar-refractivity contribution in [2.45, 2.75) is 26.7 Å². The Hall–Kier alpha value is -0.660. The summed E-state index contributed by atoms with van der Waals surface area (Å²) in [5.41, 5.74) is 0. The Morgan fingerprint density at radius 1 is 1.24 bits per heavy atom. The lowest BCUT2D eigenvalue weighted by Gasteiger charge is -2.31. The van der Waals surface area contributed by atoms with E-state index >= 15 is 0 Å². The molecule has 0 spiro atoms. The maximum atomic E-state index is 4.70. The molecule has 2 rings (SSSR count). The summed E-state index contributed by atoms with van der Waals surface area (Å²) in [4.78, 5) is 9.39. The van der Waals surface area contributed by atoms with Gasteiger partial charge in [-0.3, -0.25) is 4.99 Å². The average molecular weight is 328 g/mol. The molecule has 0 unspecified atom stereocenters. The van der Waals surface area contributed by atoms with Gasteiger partial charge in [-0.2, -0.15) is 0 Å². The molecule has 0 amide bonds. The molecule has 0 saturated carbocycles. The van der Waals surface area contributed by atoms with Gasteiger partial charge >= 0.3 is 0 Å². The Kier molecular flexibility index (Phi) is 6.92. The van der Waals surface area contributed by atoms with Crippen LogP contribution >= 0.6 is 23.1 Å². The number of unbranched alkanes of at least 4 members (excludes halogenated alkanes) is 1. The third-order valence-corrected chi connectivity index (χ3v) is 5.42. The Morgan fingerprint density at radius 3 is 2.67 bits per heavy atom. The van der Waals surface area contributed by atoms with Crippen molar-refractivity contribution in [3.8, 4) is 0 Å². The predicted molar refractivity (Wildman–Crippen MR) is 94.1 cm³/mol. The molecule has 0 bridgehead atoms. The molecule has 0 aromatic carbocycles. The summed E-state index contributed by atoms with van der Waals surface area (Å²) >= 11 is 3.45. The molecule has 0 radical (unpaired) electrons. The fourth-order valence-electron chi connectivity index (χ4n) is 2.08. The third kappa shape index (κ3) is 4.93. The van der Waals surface area contributed by atoms with Crippen molar-refractivity contribution < 1.29 is 0 Å². The number of piperazine rings is 1. The normalized spacial score (nSPS) is 17.5. The summed E-state index contributed by atoms with van der Waals surface area (Å²) in [5.74, 6) is 1.02. The molecule has 1 fully saturated rings. The van der Waals surface area contributed by atoms with Crippen molar-refractivity contribution in [2.75, 3.05) is 50.4 Å². The smallest absolute Gasteiger partial charge is 0.208 e. The number of likely N-dealkylation sites (N-methyl/N-ethyl adjacent to an activating group) is 1. The first-order valence-corrected chi connectivity index (χ1v) is 9.49. The fourth-order valence-corrected chi connectivity index (χ4v) is 3.80. The molecule has 7 heteroatoms.